The van der Waals surface area contributed by atoms with E-state index >= 15 is 0 Å². The highest BCUT2D eigenvalue weighted by Gasteiger charge is 2.20. The van der Waals surface area contributed by atoms with Gasteiger partial charge in [0.25, 0.3) is 0 Å². The van der Waals surface area contributed by atoms with Crippen LogP contribution in [0.1, 0.15) is 38.2 Å². The molecule has 0 radical (unpaired) electrons. The van der Waals surface area contributed by atoms with Gasteiger partial charge < -0.3 is 10.6 Å². The van der Waals surface area contributed by atoms with Gasteiger partial charge in [-0.1, -0.05) is 32.0 Å². The highest BCUT2D eigenvalue weighted by Crippen LogP contribution is 2.32. The molecule has 1 aromatic rings. The van der Waals surface area contributed by atoms with Crippen LogP contribution in [0.2, 0.25) is 0 Å². The number of carbonyl (C=O) groups excluding carboxylic acids is 1. The van der Waals surface area contributed by atoms with Crippen molar-refractivity contribution >= 4 is 11.6 Å². The van der Waals surface area contributed by atoms with E-state index in [1.165, 1.54) is 11.3 Å². The normalized spacial score (nSPS) is 17.4. The molecule has 0 aliphatic carbocycles. The van der Waals surface area contributed by atoms with Crippen molar-refractivity contribution in [2.45, 2.75) is 32.6 Å². The molecule has 3 nitrogen and oxygen atoms in total. The number of amides is 1. The molecule has 1 aliphatic rings. The summed E-state index contributed by atoms with van der Waals surface area (Å²) in [6.07, 6.45) is 1.63. The quantitative estimate of drug-likeness (QED) is 0.838. The van der Waals surface area contributed by atoms with Gasteiger partial charge in [-0.2, -0.15) is 0 Å². The second kappa shape index (κ2) is 5.89. The first kappa shape index (κ1) is 12.9. The molecule has 1 amide bonds. The molecule has 0 saturated carbocycles. The average Bonchev–Trinajstić information content (AvgIpc) is 2.72. The Bertz CT molecular complexity index is 415. The van der Waals surface area contributed by atoms with E-state index in [-0.39, 0.29) is 5.91 Å². The van der Waals surface area contributed by atoms with E-state index in [0.29, 0.717) is 18.3 Å². The topological polar surface area (TPSA) is 41.1 Å². The first-order valence-electron chi connectivity index (χ1n) is 6.76. The van der Waals surface area contributed by atoms with E-state index in [1.807, 2.05) is 0 Å². The second-order valence-corrected chi connectivity index (χ2v) is 5.40. The SMILES string of the molecule is CC(C)CC(=O)NCCC1CNc2ccccc21. The number of benzene rings is 1. The number of para-hydroxylation sites is 1. The first-order chi connectivity index (χ1) is 8.66. The summed E-state index contributed by atoms with van der Waals surface area (Å²) in [5.74, 6) is 1.13. The molecule has 0 fully saturated rings. The molecule has 1 aliphatic heterocycles. The zero-order chi connectivity index (χ0) is 13.0. The van der Waals surface area contributed by atoms with Gasteiger partial charge in [0.2, 0.25) is 5.91 Å². The van der Waals surface area contributed by atoms with E-state index in [1.54, 1.807) is 0 Å². The maximum absolute atomic E-state index is 11.5. The zero-order valence-electron chi connectivity index (χ0n) is 11.2. The number of nitrogens with one attached hydrogen (secondary N) is 2. The van der Waals surface area contributed by atoms with Crippen molar-refractivity contribution in [3.8, 4) is 0 Å². The van der Waals surface area contributed by atoms with Gasteiger partial charge in [0.15, 0.2) is 0 Å². The molecule has 0 spiro atoms. The third-order valence-electron chi connectivity index (χ3n) is 3.35. The van der Waals surface area contributed by atoms with E-state index in [2.05, 4.69) is 48.7 Å². The number of hydrogen-bond donors (Lipinski definition) is 2. The smallest absolute Gasteiger partial charge is 0.220 e. The lowest BCUT2D eigenvalue weighted by molar-refractivity contribution is -0.121. The van der Waals surface area contributed by atoms with E-state index in [4.69, 9.17) is 0 Å². The maximum Gasteiger partial charge on any atom is 0.220 e. The standard InChI is InChI=1S/C15H22N2O/c1-11(2)9-15(18)16-8-7-12-10-17-14-6-4-3-5-13(12)14/h3-6,11-12,17H,7-10H2,1-2H3,(H,16,18). The summed E-state index contributed by atoms with van der Waals surface area (Å²) in [6, 6.07) is 8.43. The summed E-state index contributed by atoms with van der Waals surface area (Å²) in [5.41, 5.74) is 2.63. The molecule has 2 rings (SSSR count). The molecule has 18 heavy (non-hydrogen) atoms. The molecule has 1 aromatic carbocycles. The predicted molar refractivity (Wildman–Crippen MR) is 74.8 cm³/mol. The van der Waals surface area contributed by atoms with Crippen LogP contribution in [0.3, 0.4) is 0 Å². The van der Waals surface area contributed by atoms with Crippen molar-refractivity contribution in [2.75, 3.05) is 18.4 Å². The third kappa shape index (κ3) is 3.25. The number of fused-ring (bicyclic) bond motifs is 1. The van der Waals surface area contributed by atoms with E-state index in [0.717, 1.165) is 19.5 Å². The Labute approximate surface area is 109 Å². The minimum absolute atomic E-state index is 0.171. The van der Waals surface area contributed by atoms with Gasteiger partial charge in [-0.05, 0) is 24.0 Å². The van der Waals surface area contributed by atoms with E-state index in [9.17, 15) is 4.79 Å². The summed E-state index contributed by atoms with van der Waals surface area (Å²) in [6.45, 7) is 5.89. The first-order valence-corrected chi connectivity index (χ1v) is 6.76. The molecule has 1 heterocycles. The number of carbonyl (C=O) groups is 1. The summed E-state index contributed by atoms with van der Waals surface area (Å²) >= 11 is 0. The number of hydrogen-bond acceptors (Lipinski definition) is 2. The average molecular weight is 246 g/mol. The molecule has 0 bridgehead atoms. The third-order valence-corrected chi connectivity index (χ3v) is 3.35. The predicted octanol–water partition coefficient (Wildman–Crippen LogP) is 2.75. The molecule has 0 saturated heterocycles. The molecule has 0 aromatic heterocycles. The van der Waals surface area contributed by atoms with Crippen LogP contribution in [0.15, 0.2) is 24.3 Å². The number of anilines is 1. The van der Waals surface area contributed by atoms with Gasteiger partial charge in [0.1, 0.15) is 0 Å². The van der Waals surface area contributed by atoms with Crippen molar-refractivity contribution in [3.63, 3.8) is 0 Å². The highest BCUT2D eigenvalue weighted by molar-refractivity contribution is 5.76. The molecule has 2 N–H and O–H groups in total. The van der Waals surface area contributed by atoms with E-state index < -0.39 is 0 Å². The Morgan fingerprint density at radius 1 is 1.44 bits per heavy atom. The minimum Gasteiger partial charge on any atom is -0.384 e. The summed E-state index contributed by atoms with van der Waals surface area (Å²) < 4.78 is 0. The molecular formula is C15H22N2O. The van der Waals surface area contributed by atoms with Crippen LogP contribution in [0.25, 0.3) is 0 Å². The molecule has 1 unspecified atom stereocenters. The van der Waals surface area contributed by atoms with Crippen LogP contribution in [-0.4, -0.2) is 19.0 Å². The molecular weight excluding hydrogens is 224 g/mol. The van der Waals surface area contributed by atoms with Crippen molar-refractivity contribution in [3.05, 3.63) is 29.8 Å². The minimum atomic E-state index is 0.171. The van der Waals surface area contributed by atoms with Crippen LogP contribution in [-0.2, 0) is 4.79 Å². The lowest BCUT2D eigenvalue weighted by Gasteiger charge is -2.11. The van der Waals surface area contributed by atoms with Gasteiger partial charge in [0.05, 0.1) is 0 Å². The Morgan fingerprint density at radius 3 is 3.00 bits per heavy atom. The number of rotatable bonds is 5. The zero-order valence-corrected chi connectivity index (χ0v) is 11.2. The van der Waals surface area contributed by atoms with Crippen LogP contribution in [0, 0.1) is 5.92 Å². The fourth-order valence-corrected chi connectivity index (χ4v) is 2.44. The lowest BCUT2D eigenvalue weighted by atomic mass is 9.98. The highest BCUT2D eigenvalue weighted by atomic mass is 16.1. The Morgan fingerprint density at radius 2 is 2.22 bits per heavy atom. The van der Waals surface area contributed by atoms with Crippen molar-refractivity contribution in [2.24, 2.45) is 5.92 Å². The molecule has 98 valence electrons. The lowest BCUT2D eigenvalue weighted by Crippen LogP contribution is -2.26. The van der Waals surface area contributed by atoms with Crippen LogP contribution in [0.5, 0.6) is 0 Å². The second-order valence-electron chi connectivity index (χ2n) is 5.40. The fourth-order valence-electron chi connectivity index (χ4n) is 2.44. The largest absolute Gasteiger partial charge is 0.384 e. The Kier molecular flexibility index (Phi) is 4.24. The van der Waals surface area contributed by atoms with Gasteiger partial charge >= 0.3 is 0 Å². The van der Waals surface area contributed by atoms with Gasteiger partial charge in [0, 0.05) is 31.1 Å². The van der Waals surface area contributed by atoms with Crippen LogP contribution in [0.4, 0.5) is 5.69 Å². The Balaban J connectivity index is 1.77. The fraction of sp³-hybridized carbons (Fsp3) is 0.533. The maximum atomic E-state index is 11.5. The van der Waals surface area contributed by atoms with Crippen molar-refractivity contribution in [1.82, 2.24) is 5.32 Å². The molecule has 3 heteroatoms. The Hall–Kier alpha value is -1.51. The summed E-state index contributed by atoms with van der Waals surface area (Å²) in [7, 11) is 0. The monoisotopic (exact) mass is 246 g/mol. The van der Waals surface area contributed by atoms with Crippen LogP contribution < -0.4 is 10.6 Å². The van der Waals surface area contributed by atoms with Gasteiger partial charge in [-0.15, -0.1) is 0 Å². The van der Waals surface area contributed by atoms with Crippen molar-refractivity contribution in [1.29, 1.82) is 0 Å². The molecule has 1 atom stereocenters. The van der Waals surface area contributed by atoms with Gasteiger partial charge in [-0.3, -0.25) is 4.79 Å². The summed E-state index contributed by atoms with van der Waals surface area (Å²) in [4.78, 5) is 11.5. The van der Waals surface area contributed by atoms with Gasteiger partial charge in [-0.25, -0.2) is 0 Å². The summed E-state index contributed by atoms with van der Waals surface area (Å²) in [5, 5.41) is 6.41. The van der Waals surface area contributed by atoms with Crippen LogP contribution >= 0.6 is 0 Å². The van der Waals surface area contributed by atoms with Crippen molar-refractivity contribution < 1.29 is 4.79 Å².